The summed E-state index contributed by atoms with van der Waals surface area (Å²) in [7, 11) is -3.85. The fraction of sp³-hybridized carbons (Fsp3) is 0.120. The summed E-state index contributed by atoms with van der Waals surface area (Å²) >= 11 is 18.6. The summed E-state index contributed by atoms with van der Waals surface area (Å²) < 4.78 is 24.8. The van der Waals surface area contributed by atoms with Crippen molar-refractivity contribution in [3.63, 3.8) is 0 Å². The molecule has 0 saturated carbocycles. The maximum atomic E-state index is 13.9. The number of nitrogens with one attached hydrogen (secondary N) is 2. The number of benzene rings is 3. The number of anilines is 1. The number of amides is 1. The Kier molecular flexibility index (Phi) is 8.23. The molecule has 0 bridgehead atoms. The highest BCUT2D eigenvalue weighted by Crippen LogP contribution is 2.32. The maximum Gasteiger partial charge on any atom is 0.276 e. The van der Waals surface area contributed by atoms with Gasteiger partial charge in [0.05, 0.1) is 22.9 Å². The molecule has 0 spiro atoms. The molecule has 1 aromatic heterocycles. The van der Waals surface area contributed by atoms with Crippen LogP contribution in [-0.4, -0.2) is 24.5 Å². The molecule has 1 heterocycles. The molecule has 8 nitrogen and oxygen atoms in total. The van der Waals surface area contributed by atoms with Crippen molar-refractivity contribution in [3.05, 3.63) is 104 Å². The Labute approximate surface area is 229 Å². The van der Waals surface area contributed by atoms with E-state index in [0.29, 0.717) is 43.3 Å². The third-order valence-corrected chi connectivity index (χ3v) is 6.93. The standard InChI is InChI=1S/C25H22Cl3N5O3S/c1-15-23(18-5-7-19(26)8-6-18)31-32-24(15)25(34)33(22-10-9-20(27)12-21(22)28)14-17-4-2-3-16(11-17)13-30-37(29,35)36/h2-12,30H,13-14H2,1H3,(H,31,32)(H2,29,35,36). The van der Waals surface area contributed by atoms with Crippen LogP contribution in [0.2, 0.25) is 15.1 Å². The lowest BCUT2D eigenvalue weighted by molar-refractivity contribution is 0.0979. The molecule has 4 N–H and O–H groups in total. The summed E-state index contributed by atoms with van der Waals surface area (Å²) in [4.78, 5) is 15.4. The number of aromatic nitrogens is 2. The second-order valence-electron chi connectivity index (χ2n) is 8.25. The van der Waals surface area contributed by atoms with Crippen LogP contribution in [0.1, 0.15) is 27.2 Å². The van der Waals surface area contributed by atoms with E-state index in [1.54, 1.807) is 48.5 Å². The normalized spacial score (nSPS) is 11.5. The number of hydrogen-bond acceptors (Lipinski definition) is 4. The van der Waals surface area contributed by atoms with Gasteiger partial charge in [0.1, 0.15) is 5.69 Å². The highest BCUT2D eigenvalue weighted by Gasteiger charge is 2.25. The molecule has 1 amide bonds. The Hall–Kier alpha value is -2.92. The van der Waals surface area contributed by atoms with Gasteiger partial charge in [-0.1, -0.05) is 71.2 Å². The summed E-state index contributed by atoms with van der Waals surface area (Å²) in [5, 5.41) is 13.6. The van der Waals surface area contributed by atoms with Crippen LogP contribution in [0.5, 0.6) is 0 Å². The zero-order valence-corrected chi connectivity index (χ0v) is 22.6. The number of rotatable bonds is 8. The van der Waals surface area contributed by atoms with E-state index < -0.39 is 10.2 Å². The fourth-order valence-electron chi connectivity index (χ4n) is 3.80. The first-order valence-electron chi connectivity index (χ1n) is 10.9. The Bertz CT molecular complexity index is 1560. The maximum absolute atomic E-state index is 13.9. The monoisotopic (exact) mass is 577 g/mol. The van der Waals surface area contributed by atoms with Gasteiger partial charge in [-0.3, -0.25) is 9.89 Å². The SMILES string of the molecule is Cc1c(-c2ccc(Cl)cc2)n[nH]c1C(=O)N(Cc1cccc(CNS(N)(=O)=O)c1)c1ccc(Cl)cc1Cl. The van der Waals surface area contributed by atoms with Gasteiger partial charge in [-0.15, -0.1) is 0 Å². The predicted octanol–water partition coefficient (Wildman–Crippen LogP) is 5.49. The van der Waals surface area contributed by atoms with Crippen molar-refractivity contribution >= 4 is 56.6 Å². The third-order valence-electron chi connectivity index (χ3n) is 5.60. The molecule has 0 saturated heterocycles. The largest absolute Gasteiger partial charge is 0.301 e. The Morgan fingerprint density at radius 2 is 1.68 bits per heavy atom. The van der Waals surface area contributed by atoms with Gasteiger partial charge in [0, 0.05) is 27.7 Å². The highest BCUT2D eigenvalue weighted by molar-refractivity contribution is 7.87. The van der Waals surface area contributed by atoms with Crippen molar-refractivity contribution in [2.45, 2.75) is 20.0 Å². The average Bonchev–Trinajstić information content (AvgIpc) is 3.23. The molecule has 3 aromatic carbocycles. The minimum atomic E-state index is -3.85. The van der Waals surface area contributed by atoms with E-state index in [9.17, 15) is 13.2 Å². The number of carbonyl (C=O) groups is 1. The van der Waals surface area contributed by atoms with Crippen molar-refractivity contribution in [3.8, 4) is 11.3 Å². The molecule has 0 aliphatic rings. The minimum Gasteiger partial charge on any atom is -0.301 e. The van der Waals surface area contributed by atoms with E-state index in [4.69, 9.17) is 39.9 Å². The number of aromatic amines is 1. The molecule has 0 aliphatic heterocycles. The summed E-state index contributed by atoms with van der Waals surface area (Å²) in [6.07, 6.45) is 0. The molecule has 192 valence electrons. The molecular weight excluding hydrogens is 557 g/mol. The molecule has 0 unspecified atom stereocenters. The lowest BCUT2D eigenvalue weighted by atomic mass is 10.1. The summed E-state index contributed by atoms with van der Waals surface area (Å²) in [5.74, 6) is -0.359. The molecule has 0 atom stereocenters. The van der Waals surface area contributed by atoms with E-state index in [1.165, 1.54) is 4.90 Å². The second-order valence-corrected chi connectivity index (χ2v) is 10.9. The van der Waals surface area contributed by atoms with Crippen molar-refractivity contribution < 1.29 is 13.2 Å². The number of carbonyl (C=O) groups excluding carboxylic acids is 1. The van der Waals surface area contributed by atoms with E-state index in [0.717, 1.165) is 11.1 Å². The van der Waals surface area contributed by atoms with Gasteiger partial charge in [0.15, 0.2) is 0 Å². The van der Waals surface area contributed by atoms with Gasteiger partial charge < -0.3 is 4.90 Å². The number of halogens is 3. The first-order chi connectivity index (χ1) is 17.5. The first kappa shape index (κ1) is 27.1. The molecular formula is C25H22Cl3N5O3S. The van der Waals surface area contributed by atoms with Gasteiger partial charge in [0.25, 0.3) is 16.1 Å². The quantitative estimate of drug-likeness (QED) is 0.256. The first-order valence-corrected chi connectivity index (χ1v) is 13.6. The zero-order valence-electron chi connectivity index (χ0n) is 19.5. The Balaban J connectivity index is 1.70. The topological polar surface area (TPSA) is 121 Å². The third kappa shape index (κ3) is 6.70. The molecule has 0 radical (unpaired) electrons. The van der Waals surface area contributed by atoms with Gasteiger partial charge in [-0.05, 0) is 48.4 Å². The van der Waals surface area contributed by atoms with Crippen LogP contribution in [0.25, 0.3) is 11.3 Å². The molecule has 37 heavy (non-hydrogen) atoms. The van der Waals surface area contributed by atoms with E-state index in [-0.39, 0.29) is 19.0 Å². The van der Waals surface area contributed by atoms with E-state index in [1.807, 2.05) is 25.1 Å². The number of nitrogens with zero attached hydrogens (tertiary/aromatic N) is 2. The Morgan fingerprint density at radius 3 is 2.35 bits per heavy atom. The van der Waals surface area contributed by atoms with Crippen LogP contribution >= 0.6 is 34.8 Å². The molecule has 4 rings (SSSR count). The van der Waals surface area contributed by atoms with E-state index in [2.05, 4.69) is 14.9 Å². The van der Waals surface area contributed by atoms with Gasteiger partial charge in [-0.25, -0.2) is 5.14 Å². The lowest BCUT2D eigenvalue weighted by Crippen LogP contribution is -2.32. The molecule has 0 aliphatic carbocycles. The van der Waals surface area contributed by atoms with Crippen molar-refractivity contribution in [1.82, 2.24) is 14.9 Å². The van der Waals surface area contributed by atoms with Crippen molar-refractivity contribution in [1.29, 1.82) is 0 Å². The number of H-pyrrole nitrogens is 1. The lowest BCUT2D eigenvalue weighted by Gasteiger charge is -2.24. The van der Waals surface area contributed by atoms with Gasteiger partial charge in [0.2, 0.25) is 0 Å². The summed E-state index contributed by atoms with van der Waals surface area (Å²) in [6.45, 7) is 1.95. The van der Waals surface area contributed by atoms with E-state index >= 15 is 0 Å². The van der Waals surface area contributed by atoms with Crippen LogP contribution in [0.4, 0.5) is 5.69 Å². The van der Waals surface area contributed by atoms with Crippen LogP contribution in [0, 0.1) is 6.92 Å². The van der Waals surface area contributed by atoms with Crippen LogP contribution in [-0.2, 0) is 23.3 Å². The van der Waals surface area contributed by atoms with Crippen molar-refractivity contribution in [2.75, 3.05) is 4.90 Å². The predicted molar refractivity (Wildman–Crippen MR) is 147 cm³/mol. The van der Waals surface area contributed by atoms with Gasteiger partial charge >= 0.3 is 0 Å². The zero-order chi connectivity index (χ0) is 26.7. The van der Waals surface area contributed by atoms with Crippen molar-refractivity contribution in [2.24, 2.45) is 5.14 Å². The molecule has 0 fully saturated rings. The smallest absolute Gasteiger partial charge is 0.276 e. The number of nitrogens with two attached hydrogens (primary N) is 1. The fourth-order valence-corrected chi connectivity index (χ4v) is 4.81. The molecule has 12 heteroatoms. The van der Waals surface area contributed by atoms with Crippen LogP contribution < -0.4 is 14.8 Å². The molecule has 4 aromatic rings. The average molecular weight is 579 g/mol. The van der Waals surface area contributed by atoms with Gasteiger partial charge in [-0.2, -0.15) is 18.2 Å². The number of hydrogen-bond donors (Lipinski definition) is 3. The minimum absolute atomic E-state index is 0.00638. The summed E-state index contributed by atoms with van der Waals surface area (Å²) in [5.41, 5.74) is 4.25. The Morgan fingerprint density at radius 1 is 1.00 bits per heavy atom. The highest BCUT2D eigenvalue weighted by atomic mass is 35.5. The summed E-state index contributed by atoms with van der Waals surface area (Å²) in [6, 6.07) is 19.2. The van der Waals surface area contributed by atoms with Crippen LogP contribution in [0.3, 0.4) is 0 Å². The second kappa shape index (κ2) is 11.2. The van der Waals surface area contributed by atoms with Crippen LogP contribution in [0.15, 0.2) is 66.7 Å².